The Bertz CT molecular complexity index is 1230. The number of ether oxygens (including phenoxy) is 7. The number of rotatable bonds is 21. The summed E-state index contributed by atoms with van der Waals surface area (Å²) in [4.78, 5) is 72.1. The third kappa shape index (κ3) is 15.7. The van der Waals surface area contributed by atoms with Crippen LogP contribution in [-0.4, -0.2) is 83.1 Å². The molecule has 0 saturated carbocycles. The highest BCUT2D eigenvalue weighted by molar-refractivity contribution is 9.10. The summed E-state index contributed by atoms with van der Waals surface area (Å²) in [5, 5.41) is 0. The molecule has 0 heterocycles. The van der Waals surface area contributed by atoms with Gasteiger partial charge in [0.15, 0.2) is 0 Å². The minimum Gasteiger partial charge on any atom is -0.492 e. The third-order valence-corrected chi connectivity index (χ3v) is 6.68. The zero-order chi connectivity index (χ0) is 34.7. The molecule has 0 radical (unpaired) electrons. The SMILES string of the molecule is C=C(C)C(=O)OCCCc1cc(Br)ccc1OCC(COC(=O)CCC(=O)OC)(COC(=O)CCC(=O)OC)COC(=O)C(=C)C. The van der Waals surface area contributed by atoms with Gasteiger partial charge in [-0.3, -0.25) is 19.2 Å². The van der Waals surface area contributed by atoms with Crippen molar-refractivity contribution in [2.45, 2.75) is 52.4 Å². The van der Waals surface area contributed by atoms with E-state index in [4.69, 9.17) is 23.7 Å². The van der Waals surface area contributed by atoms with Crippen LogP contribution in [0.3, 0.4) is 0 Å². The molecule has 0 fully saturated rings. The van der Waals surface area contributed by atoms with E-state index >= 15 is 0 Å². The number of benzene rings is 1. The van der Waals surface area contributed by atoms with Crippen LogP contribution in [0.4, 0.5) is 0 Å². The van der Waals surface area contributed by atoms with Gasteiger partial charge in [-0.2, -0.15) is 0 Å². The Balaban J connectivity index is 3.27. The predicted octanol–water partition coefficient (Wildman–Crippen LogP) is 3.98. The second kappa shape index (κ2) is 20.8. The molecule has 14 heteroatoms. The van der Waals surface area contributed by atoms with Crippen molar-refractivity contribution in [1.82, 2.24) is 0 Å². The summed E-state index contributed by atoms with van der Waals surface area (Å²) in [5.41, 5.74) is -0.317. The summed E-state index contributed by atoms with van der Waals surface area (Å²) in [6.07, 6.45) is -0.128. The van der Waals surface area contributed by atoms with Gasteiger partial charge in [0.05, 0.1) is 46.5 Å². The second-order valence-electron chi connectivity index (χ2n) is 10.4. The molecule has 0 saturated heterocycles. The highest BCUT2D eigenvalue weighted by Gasteiger charge is 2.38. The van der Waals surface area contributed by atoms with E-state index in [0.717, 1.165) is 10.0 Å². The van der Waals surface area contributed by atoms with Crippen LogP contribution in [0.25, 0.3) is 0 Å². The summed E-state index contributed by atoms with van der Waals surface area (Å²) in [6.45, 7) is 8.68. The number of carbonyl (C=O) groups excluding carboxylic acids is 6. The Labute approximate surface area is 276 Å². The molecule has 254 valence electrons. The average molecular weight is 714 g/mol. The Hall–Kier alpha value is -4.20. The molecule has 0 bridgehead atoms. The van der Waals surface area contributed by atoms with Crippen molar-refractivity contribution in [3.63, 3.8) is 0 Å². The van der Waals surface area contributed by atoms with Crippen LogP contribution in [-0.2, 0) is 63.6 Å². The summed E-state index contributed by atoms with van der Waals surface area (Å²) >= 11 is 3.44. The van der Waals surface area contributed by atoms with Crippen LogP contribution in [0, 0.1) is 5.41 Å². The number of hydrogen-bond acceptors (Lipinski definition) is 13. The van der Waals surface area contributed by atoms with Gasteiger partial charge in [-0.05, 0) is 50.5 Å². The lowest BCUT2D eigenvalue weighted by molar-refractivity contribution is -0.165. The molecule has 0 spiro atoms. The third-order valence-electron chi connectivity index (χ3n) is 6.19. The lowest BCUT2D eigenvalue weighted by Gasteiger charge is -2.32. The molecule has 0 unspecified atom stereocenters. The molecular formula is C32H41BrO13. The number of halogens is 1. The van der Waals surface area contributed by atoms with Crippen LogP contribution < -0.4 is 4.74 Å². The van der Waals surface area contributed by atoms with Gasteiger partial charge >= 0.3 is 35.8 Å². The summed E-state index contributed by atoms with van der Waals surface area (Å²) in [5.74, 6) is -3.57. The average Bonchev–Trinajstić information content (AvgIpc) is 3.03. The highest BCUT2D eigenvalue weighted by Crippen LogP contribution is 2.29. The molecular weight excluding hydrogens is 672 g/mol. The first-order valence-electron chi connectivity index (χ1n) is 14.2. The molecule has 0 atom stereocenters. The number of carbonyl (C=O) groups is 6. The van der Waals surface area contributed by atoms with Crippen LogP contribution in [0.2, 0.25) is 0 Å². The number of methoxy groups -OCH3 is 2. The molecule has 0 aliphatic carbocycles. The van der Waals surface area contributed by atoms with Gasteiger partial charge in [-0.25, -0.2) is 9.59 Å². The fourth-order valence-electron chi connectivity index (χ4n) is 3.48. The predicted molar refractivity (Wildman–Crippen MR) is 166 cm³/mol. The molecule has 1 aromatic carbocycles. The molecule has 1 aromatic rings. The van der Waals surface area contributed by atoms with E-state index in [0.29, 0.717) is 18.6 Å². The Morgan fingerprint density at radius 2 is 1.17 bits per heavy atom. The van der Waals surface area contributed by atoms with E-state index in [1.807, 2.05) is 6.07 Å². The monoisotopic (exact) mass is 712 g/mol. The highest BCUT2D eigenvalue weighted by atomic mass is 79.9. The van der Waals surface area contributed by atoms with Gasteiger partial charge in [0.1, 0.15) is 37.6 Å². The van der Waals surface area contributed by atoms with Crippen LogP contribution in [0.5, 0.6) is 5.75 Å². The quantitative estimate of drug-likeness (QED) is 0.0778. The van der Waals surface area contributed by atoms with Crippen molar-refractivity contribution in [2.75, 3.05) is 47.3 Å². The largest absolute Gasteiger partial charge is 0.492 e. The molecule has 0 amide bonds. The van der Waals surface area contributed by atoms with Gasteiger partial charge in [0, 0.05) is 15.6 Å². The van der Waals surface area contributed by atoms with Gasteiger partial charge in [-0.1, -0.05) is 29.1 Å². The van der Waals surface area contributed by atoms with Crippen molar-refractivity contribution in [3.05, 3.63) is 52.5 Å². The molecule has 0 aliphatic rings. The van der Waals surface area contributed by atoms with Crippen molar-refractivity contribution < 1.29 is 61.9 Å². The number of esters is 6. The van der Waals surface area contributed by atoms with Gasteiger partial charge in [-0.15, -0.1) is 0 Å². The fraction of sp³-hybridized carbons (Fsp3) is 0.500. The zero-order valence-corrected chi connectivity index (χ0v) is 28.2. The second-order valence-corrected chi connectivity index (χ2v) is 11.3. The minimum absolute atomic E-state index is 0.0995. The fourth-order valence-corrected chi connectivity index (χ4v) is 3.89. The van der Waals surface area contributed by atoms with E-state index in [1.165, 1.54) is 21.1 Å². The van der Waals surface area contributed by atoms with E-state index in [-0.39, 0.29) is 50.0 Å². The number of aryl methyl sites for hydroxylation is 1. The Morgan fingerprint density at radius 3 is 1.67 bits per heavy atom. The van der Waals surface area contributed by atoms with Gasteiger partial charge in [0.2, 0.25) is 0 Å². The standard InChI is InChI=1S/C32H41BrO13/c1-21(2)30(38)42-15-7-8-23-16-24(33)9-10-25(23)43-17-32(20-46-31(39)22(3)4,18-44-28(36)13-11-26(34)40-5)19-45-29(37)14-12-27(35)41-6/h9-10,16H,1,3,7-8,11-15,17-20H2,2,4-6H3. The van der Waals surface area contributed by atoms with E-state index in [2.05, 4.69) is 38.6 Å². The first-order chi connectivity index (χ1) is 21.7. The van der Waals surface area contributed by atoms with Crippen LogP contribution in [0.1, 0.15) is 51.5 Å². The maximum absolute atomic E-state index is 12.5. The smallest absolute Gasteiger partial charge is 0.333 e. The van der Waals surface area contributed by atoms with Crippen LogP contribution in [0.15, 0.2) is 47.0 Å². The zero-order valence-electron chi connectivity index (χ0n) is 26.6. The van der Waals surface area contributed by atoms with E-state index in [1.54, 1.807) is 19.1 Å². The van der Waals surface area contributed by atoms with E-state index < -0.39 is 61.1 Å². The van der Waals surface area contributed by atoms with Crippen molar-refractivity contribution in [2.24, 2.45) is 5.41 Å². The molecule has 1 rings (SSSR count). The number of hydrogen-bond donors (Lipinski definition) is 0. The molecule has 13 nitrogen and oxygen atoms in total. The summed E-state index contributed by atoms with van der Waals surface area (Å²) in [7, 11) is 2.37. The lowest BCUT2D eigenvalue weighted by atomic mass is 9.92. The van der Waals surface area contributed by atoms with Gasteiger partial charge in [0.25, 0.3) is 0 Å². The van der Waals surface area contributed by atoms with Crippen molar-refractivity contribution >= 4 is 51.7 Å². The van der Waals surface area contributed by atoms with Crippen molar-refractivity contribution in [3.8, 4) is 5.75 Å². The maximum Gasteiger partial charge on any atom is 0.333 e. The lowest BCUT2D eigenvalue weighted by Crippen LogP contribution is -2.44. The first-order valence-corrected chi connectivity index (χ1v) is 15.0. The van der Waals surface area contributed by atoms with Crippen LogP contribution >= 0.6 is 15.9 Å². The molecule has 0 N–H and O–H groups in total. The topological polar surface area (TPSA) is 167 Å². The Morgan fingerprint density at radius 1 is 0.696 bits per heavy atom. The molecule has 0 aromatic heterocycles. The van der Waals surface area contributed by atoms with E-state index in [9.17, 15) is 28.8 Å². The minimum atomic E-state index is -1.44. The van der Waals surface area contributed by atoms with Gasteiger partial charge < -0.3 is 33.2 Å². The molecule has 0 aliphatic heterocycles. The summed E-state index contributed by atoms with van der Waals surface area (Å²) < 4.78 is 37.5. The first kappa shape index (κ1) is 39.8. The molecule has 46 heavy (non-hydrogen) atoms. The Kier molecular flexibility index (Phi) is 18.0. The summed E-state index contributed by atoms with van der Waals surface area (Å²) in [6, 6.07) is 5.25. The maximum atomic E-state index is 12.5. The van der Waals surface area contributed by atoms with Crippen molar-refractivity contribution in [1.29, 1.82) is 0 Å². The normalized spacial score (nSPS) is 10.6.